The number of aromatic nitrogens is 2. The average molecular weight is 430 g/mol. The zero-order chi connectivity index (χ0) is 21.6. The molecule has 0 spiro atoms. The van der Waals surface area contributed by atoms with E-state index >= 15 is 0 Å². The van der Waals surface area contributed by atoms with Crippen molar-refractivity contribution in [2.45, 2.75) is 18.5 Å². The van der Waals surface area contributed by atoms with Crippen LogP contribution in [0.2, 0.25) is 0 Å². The van der Waals surface area contributed by atoms with Crippen molar-refractivity contribution in [2.75, 3.05) is 18.2 Å². The number of nitrogens with one attached hydrogen (secondary N) is 1. The molecule has 4 aromatic rings. The highest BCUT2D eigenvalue weighted by molar-refractivity contribution is 7.99. The zero-order valence-electron chi connectivity index (χ0n) is 17.5. The van der Waals surface area contributed by atoms with Gasteiger partial charge in [0.05, 0.1) is 29.8 Å². The molecule has 0 fully saturated rings. The fourth-order valence-electron chi connectivity index (χ4n) is 3.42. The third kappa shape index (κ3) is 4.70. The molecule has 0 aliphatic heterocycles. The van der Waals surface area contributed by atoms with Crippen molar-refractivity contribution in [1.82, 2.24) is 9.97 Å². The Labute approximate surface area is 185 Å². The predicted octanol–water partition coefficient (Wildman–Crippen LogP) is 5.60. The number of nitrogens with zero attached hydrogens (tertiary/aromatic N) is 2. The van der Waals surface area contributed by atoms with Gasteiger partial charge >= 0.3 is 0 Å². The first kappa shape index (κ1) is 20.9. The van der Waals surface area contributed by atoms with E-state index in [1.54, 1.807) is 7.11 Å². The molecule has 0 aliphatic carbocycles. The fraction of sp³-hybridized carbons (Fsp3) is 0.160. The van der Waals surface area contributed by atoms with Crippen LogP contribution in [-0.4, -0.2) is 28.7 Å². The van der Waals surface area contributed by atoms with Crippen LogP contribution in [0.25, 0.3) is 22.2 Å². The van der Waals surface area contributed by atoms with Crippen LogP contribution < -0.4 is 10.1 Å². The molecule has 1 heterocycles. The lowest BCUT2D eigenvalue weighted by atomic mass is 10.0. The summed E-state index contributed by atoms with van der Waals surface area (Å²) in [5.74, 6) is 0.691. The number of carbonyl (C=O) groups excluding carboxylic acids is 1. The number of hydrogen-bond donors (Lipinski definition) is 1. The zero-order valence-corrected chi connectivity index (χ0v) is 18.3. The first-order valence-electron chi connectivity index (χ1n) is 10.1. The number of aryl methyl sites for hydroxylation is 1. The Balaban J connectivity index is 1.62. The van der Waals surface area contributed by atoms with Crippen LogP contribution in [0.15, 0.2) is 78.0 Å². The molecule has 1 N–H and O–H groups in total. The van der Waals surface area contributed by atoms with Gasteiger partial charge in [-0.2, -0.15) is 0 Å². The van der Waals surface area contributed by atoms with Crippen molar-refractivity contribution in [3.8, 4) is 17.0 Å². The molecule has 0 radical (unpaired) electrons. The Morgan fingerprint density at radius 2 is 1.74 bits per heavy atom. The highest BCUT2D eigenvalue weighted by atomic mass is 32.2. The lowest BCUT2D eigenvalue weighted by Gasteiger charge is -2.12. The molecule has 0 bridgehead atoms. The van der Waals surface area contributed by atoms with Gasteiger partial charge < -0.3 is 10.1 Å². The molecule has 4 rings (SSSR count). The number of hydrogen-bond acceptors (Lipinski definition) is 5. The highest BCUT2D eigenvalue weighted by Crippen LogP contribution is 2.31. The van der Waals surface area contributed by atoms with Gasteiger partial charge in [0, 0.05) is 10.9 Å². The quantitative estimate of drug-likeness (QED) is 0.306. The van der Waals surface area contributed by atoms with E-state index in [0.29, 0.717) is 16.6 Å². The average Bonchev–Trinajstić information content (AvgIpc) is 2.82. The third-order valence-electron chi connectivity index (χ3n) is 4.93. The molecular weight excluding hydrogens is 406 g/mol. The van der Waals surface area contributed by atoms with Gasteiger partial charge in [-0.05, 0) is 24.1 Å². The lowest BCUT2D eigenvalue weighted by Crippen LogP contribution is -2.15. The van der Waals surface area contributed by atoms with Crippen molar-refractivity contribution in [1.29, 1.82) is 0 Å². The fourth-order valence-corrected chi connectivity index (χ4v) is 4.07. The molecule has 1 amide bonds. The normalized spacial score (nSPS) is 10.8. The van der Waals surface area contributed by atoms with Crippen LogP contribution in [0.3, 0.4) is 0 Å². The minimum atomic E-state index is -0.136. The molecule has 3 aromatic carbocycles. The topological polar surface area (TPSA) is 64.1 Å². The second-order valence-electron chi connectivity index (χ2n) is 6.92. The van der Waals surface area contributed by atoms with E-state index < -0.39 is 0 Å². The minimum Gasteiger partial charge on any atom is -0.495 e. The third-order valence-corrected chi connectivity index (χ3v) is 5.78. The number of rotatable bonds is 7. The predicted molar refractivity (Wildman–Crippen MR) is 127 cm³/mol. The number of anilines is 1. The van der Waals surface area contributed by atoms with Gasteiger partial charge in [0.25, 0.3) is 0 Å². The number of thioether (sulfide) groups is 1. The monoisotopic (exact) mass is 429 g/mol. The van der Waals surface area contributed by atoms with Crippen LogP contribution in [-0.2, 0) is 11.2 Å². The summed E-state index contributed by atoms with van der Waals surface area (Å²) in [5, 5.41) is 4.50. The van der Waals surface area contributed by atoms with Crippen molar-refractivity contribution >= 4 is 34.3 Å². The second kappa shape index (κ2) is 9.62. The standard InChI is InChI=1S/C25H23N3O2S/c1-3-17-12-9-13-19-23(17)27-25(28-24(19)18-10-5-4-6-11-18)31-16-22(29)26-20-14-7-8-15-21(20)30-2/h4-15H,3,16H2,1-2H3,(H,26,29). The molecule has 156 valence electrons. The van der Waals surface area contributed by atoms with Crippen LogP contribution in [0, 0.1) is 0 Å². The second-order valence-corrected chi connectivity index (χ2v) is 7.87. The molecule has 1 aromatic heterocycles. The van der Waals surface area contributed by atoms with Crippen molar-refractivity contribution in [3.05, 3.63) is 78.4 Å². The van der Waals surface area contributed by atoms with E-state index in [-0.39, 0.29) is 11.7 Å². The maximum atomic E-state index is 12.6. The van der Waals surface area contributed by atoms with Crippen molar-refractivity contribution in [3.63, 3.8) is 0 Å². The Morgan fingerprint density at radius 3 is 2.52 bits per heavy atom. The summed E-state index contributed by atoms with van der Waals surface area (Å²) in [4.78, 5) is 22.2. The summed E-state index contributed by atoms with van der Waals surface area (Å²) in [6, 6.07) is 23.6. The molecule has 5 nitrogen and oxygen atoms in total. The van der Waals surface area contributed by atoms with Gasteiger partial charge in [-0.15, -0.1) is 0 Å². The molecule has 6 heteroatoms. The Bertz CT molecular complexity index is 1210. The van der Waals surface area contributed by atoms with Crippen LogP contribution in [0.4, 0.5) is 5.69 Å². The van der Waals surface area contributed by atoms with Gasteiger partial charge in [-0.3, -0.25) is 4.79 Å². The number of ether oxygens (including phenoxy) is 1. The smallest absolute Gasteiger partial charge is 0.234 e. The highest BCUT2D eigenvalue weighted by Gasteiger charge is 2.14. The van der Waals surface area contributed by atoms with E-state index in [0.717, 1.165) is 34.1 Å². The summed E-state index contributed by atoms with van der Waals surface area (Å²) in [5.41, 5.74) is 4.66. The van der Waals surface area contributed by atoms with Crippen LogP contribution in [0.5, 0.6) is 5.75 Å². The van der Waals surface area contributed by atoms with Gasteiger partial charge in [-0.1, -0.05) is 79.3 Å². The van der Waals surface area contributed by atoms with Crippen LogP contribution in [0.1, 0.15) is 12.5 Å². The van der Waals surface area contributed by atoms with Gasteiger partial charge in [-0.25, -0.2) is 9.97 Å². The molecule has 0 unspecified atom stereocenters. The van der Waals surface area contributed by atoms with Gasteiger partial charge in [0.1, 0.15) is 5.75 Å². The number of para-hydroxylation sites is 3. The van der Waals surface area contributed by atoms with E-state index in [1.165, 1.54) is 11.8 Å². The molecule has 31 heavy (non-hydrogen) atoms. The first-order valence-corrected chi connectivity index (χ1v) is 11.1. The maximum Gasteiger partial charge on any atom is 0.234 e. The number of methoxy groups -OCH3 is 1. The Morgan fingerprint density at radius 1 is 0.968 bits per heavy atom. The molecular formula is C25H23N3O2S. The summed E-state index contributed by atoms with van der Waals surface area (Å²) in [7, 11) is 1.58. The van der Waals surface area contributed by atoms with Gasteiger partial charge in [0.15, 0.2) is 5.16 Å². The summed E-state index contributed by atoms with van der Waals surface area (Å²) >= 11 is 1.33. The molecule has 0 saturated heterocycles. The minimum absolute atomic E-state index is 0.136. The van der Waals surface area contributed by atoms with Crippen LogP contribution >= 0.6 is 11.8 Å². The summed E-state index contributed by atoms with van der Waals surface area (Å²) in [6.45, 7) is 2.12. The lowest BCUT2D eigenvalue weighted by molar-refractivity contribution is -0.113. The van der Waals surface area contributed by atoms with E-state index in [9.17, 15) is 4.79 Å². The number of carbonyl (C=O) groups is 1. The van der Waals surface area contributed by atoms with Gasteiger partial charge in [0.2, 0.25) is 5.91 Å². The maximum absolute atomic E-state index is 12.6. The van der Waals surface area contributed by atoms with Crippen molar-refractivity contribution in [2.24, 2.45) is 0 Å². The number of amides is 1. The molecule has 0 atom stereocenters. The van der Waals surface area contributed by atoms with Crippen molar-refractivity contribution < 1.29 is 9.53 Å². The van der Waals surface area contributed by atoms with E-state index in [2.05, 4.69) is 24.4 Å². The Kier molecular flexibility index (Phi) is 6.48. The first-order chi connectivity index (χ1) is 15.2. The molecule has 0 saturated carbocycles. The number of benzene rings is 3. The summed E-state index contributed by atoms with van der Waals surface area (Å²) in [6.07, 6.45) is 0.876. The van der Waals surface area contributed by atoms with E-state index in [1.807, 2.05) is 60.7 Å². The Hall–Kier alpha value is -3.38. The molecule has 0 aliphatic rings. The van der Waals surface area contributed by atoms with E-state index in [4.69, 9.17) is 14.7 Å². The number of fused-ring (bicyclic) bond motifs is 1. The summed E-state index contributed by atoms with van der Waals surface area (Å²) < 4.78 is 5.30. The largest absolute Gasteiger partial charge is 0.495 e. The SMILES string of the molecule is CCc1cccc2c(-c3ccccc3)nc(SCC(=O)Nc3ccccc3OC)nc12.